The minimum atomic E-state index is -0.644. The predicted octanol–water partition coefficient (Wildman–Crippen LogP) is 7.17. The van der Waals surface area contributed by atoms with Crippen molar-refractivity contribution in [2.45, 2.75) is 96.0 Å². The molecular formula is C36H49NO4. The van der Waals surface area contributed by atoms with Gasteiger partial charge in [-0.25, -0.2) is 0 Å². The first-order chi connectivity index (χ1) is 20.2. The lowest BCUT2D eigenvalue weighted by atomic mass is 9.93. The molecule has 222 valence electrons. The van der Waals surface area contributed by atoms with Crippen molar-refractivity contribution in [1.82, 2.24) is 4.90 Å². The maximum atomic E-state index is 11.4. The van der Waals surface area contributed by atoms with Crippen molar-refractivity contribution < 1.29 is 19.3 Å². The quantitative estimate of drug-likeness (QED) is 0.168. The van der Waals surface area contributed by atoms with E-state index < -0.39 is 12.2 Å². The van der Waals surface area contributed by atoms with Crippen LogP contribution in [0.5, 0.6) is 0 Å². The SMILES string of the molecule is CCCCCCCCCN1C[C@H](O)[C@@H](OCc2ccccc2)[C@H](OCc2ccccc2)[C@H]1COCc1ccccc1. The molecule has 0 aromatic heterocycles. The normalized spacial score (nSPS) is 21.2. The first-order valence-electron chi connectivity index (χ1n) is 15.6. The van der Waals surface area contributed by atoms with Gasteiger partial charge in [0.2, 0.25) is 0 Å². The topological polar surface area (TPSA) is 51.2 Å². The molecule has 3 aromatic rings. The molecule has 1 aliphatic heterocycles. The Morgan fingerprint density at radius 1 is 0.634 bits per heavy atom. The van der Waals surface area contributed by atoms with Crippen molar-refractivity contribution in [3.05, 3.63) is 108 Å². The van der Waals surface area contributed by atoms with Crippen molar-refractivity contribution in [3.8, 4) is 0 Å². The van der Waals surface area contributed by atoms with Crippen LogP contribution in [0.2, 0.25) is 0 Å². The molecule has 5 heteroatoms. The van der Waals surface area contributed by atoms with Gasteiger partial charge in [0.25, 0.3) is 0 Å². The summed E-state index contributed by atoms with van der Waals surface area (Å²) in [5, 5.41) is 11.4. The number of aliphatic hydroxyl groups is 1. The summed E-state index contributed by atoms with van der Waals surface area (Å²) < 4.78 is 19.4. The van der Waals surface area contributed by atoms with Crippen LogP contribution in [0.3, 0.4) is 0 Å². The average Bonchev–Trinajstić information content (AvgIpc) is 3.01. The van der Waals surface area contributed by atoms with Gasteiger partial charge in [0.15, 0.2) is 0 Å². The summed E-state index contributed by atoms with van der Waals surface area (Å²) in [4.78, 5) is 2.39. The van der Waals surface area contributed by atoms with Gasteiger partial charge in [-0.2, -0.15) is 0 Å². The van der Waals surface area contributed by atoms with E-state index in [1.807, 2.05) is 54.6 Å². The Morgan fingerprint density at radius 3 is 1.68 bits per heavy atom. The van der Waals surface area contributed by atoms with E-state index in [1.54, 1.807) is 0 Å². The number of aliphatic hydroxyl groups excluding tert-OH is 1. The van der Waals surface area contributed by atoms with Crippen molar-refractivity contribution in [1.29, 1.82) is 0 Å². The Morgan fingerprint density at radius 2 is 1.12 bits per heavy atom. The van der Waals surface area contributed by atoms with Crippen LogP contribution in [-0.4, -0.2) is 54.1 Å². The molecule has 1 aliphatic rings. The number of hydrogen-bond acceptors (Lipinski definition) is 5. The van der Waals surface area contributed by atoms with Crippen LogP contribution in [0.25, 0.3) is 0 Å². The lowest BCUT2D eigenvalue weighted by molar-refractivity contribution is -0.196. The molecule has 0 amide bonds. The fourth-order valence-corrected chi connectivity index (χ4v) is 5.67. The second-order valence-electron chi connectivity index (χ2n) is 11.3. The van der Waals surface area contributed by atoms with E-state index in [0.29, 0.717) is 33.0 Å². The summed E-state index contributed by atoms with van der Waals surface area (Å²) >= 11 is 0. The Hall–Kier alpha value is -2.54. The van der Waals surface area contributed by atoms with Crippen LogP contribution in [0.15, 0.2) is 91.0 Å². The highest BCUT2D eigenvalue weighted by Gasteiger charge is 2.44. The average molecular weight is 560 g/mol. The predicted molar refractivity (Wildman–Crippen MR) is 165 cm³/mol. The third-order valence-corrected chi connectivity index (χ3v) is 7.99. The summed E-state index contributed by atoms with van der Waals surface area (Å²) in [6, 6.07) is 30.7. The van der Waals surface area contributed by atoms with Crippen LogP contribution in [-0.2, 0) is 34.0 Å². The van der Waals surface area contributed by atoms with Crippen LogP contribution in [0.1, 0.15) is 68.6 Å². The van der Waals surface area contributed by atoms with Gasteiger partial charge in [0.1, 0.15) is 12.2 Å². The first kappa shape index (κ1) is 31.4. The Labute approximate surface area is 247 Å². The number of nitrogens with zero attached hydrogens (tertiary/aromatic N) is 1. The Kier molecular flexibility index (Phi) is 13.9. The monoisotopic (exact) mass is 559 g/mol. The molecule has 4 rings (SSSR count). The maximum absolute atomic E-state index is 11.4. The highest BCUT2D eigenvalue weighted by atomic mass is 16.6. The molecule has 0 unspecified atom stereocenters. The second kappa shape index (κ2) is 18.1. The summed E-state index contributed by atoms with van der Waals surface area (Å²) in [7, 11) is 0. The molecule has 1 N–H and O–H groups in total. The largest absolute Gasteiger partial charge is 0.389 e. The van der Waals surface area contributed by atoms with Crippen LogP contribution in [0, 0.1) is 0 Å². The number of β-amino-alcohol motifs (C(OH)–C–C–N with tert-alkyl or cyclic N) is 1. The molecule has 5 nitrogen and oxygen atoms in total. The molecule has 0 saturated carbocycles. The number of ether oxygens (including phenoxy) is 3. The summed E-state index contributed by atoms with van der Waals surface area (Å²) in [5.41, 5.74) is 3.35. The number of piperidine rings is 1. The number of likely N-dealkylation sites (tertiary alicyclic amines) is 1. The zero-order valence-corrected chi connectivity index (χ0v) is 24.8. The summed E-state index contributed by atoms with van der Waals surface area (Å²) in [6.07, 6.45) is 7.38. The smallest absolute Gasteiger partial charge is 0.113 e. The summed E-state index contributed by atoms with van der Waals surface area (Å²) in [5.74, 6) is 0. The van der Waals surface area contributed by atoms with Crippen molar-refractivity contribution in [2.75, 3.05) is 19.7 Å². The van der Waals surface area contributed by atoms with Crippen LogP contribution >= 0.6 is 0 Å². The molecular weight excluding hydrogens is 510 g/mol. The zero-order valence-electron chi connectivity index (χ0n) is 24.8. The number of hydrogen-bond donors (Lipinski definition) is 1. The molecule has 1 fully saturated rings. The van der Waals surface area contributed by atoms with E-state index >= 15 is 0 Å². The van der Waals surface area contributed by atoms with E-state index in [0.717, 1.165) is 29.7 Å². The van der Waals surface area contributed by atoms with Gasteiger partial charge in [-0.15, -0.1) is 0 Å². The van der Waals surface area contributed by atoms with Gasteiger partial charge in [0.05, 0.1) is 38.6 Å². The van der Waals surface area contributed by atoms with Crippen molar-refractivity contribution in [2.24, 2.45) is 0 Å². The zero-order chi connectivity index (χ0) is 28.5. The third kappa shape index (κ3) is 10.7. The molecule has 0 bridgehead atoms. The molecule has 0 spiro atoms. The van der Waals surface area contributed by atoms with Gasteiger partial charge >= 0.3 is 0 Å². The van der Waals surface area contributed by atoms with E-state index in [2.05, 4.69) is 48.2 Å². The minimum Gasteiger partial charge on any atom is -0.389 e. The standard InChI is InChI=1S/C36H49NO4/c1-2-3-4-5-6-7-17-24-37-25-34(38)36(41-28-32-22-15-10-16-23-32)35(40-27-31-20-13-9-14-21-31)33(37)29-39-26-30-18-11-8-12-19-30/h8-16,18-23,33-36,38H,2-7,17,24-29H2,1H3/t33-,34+,35-,36-/m1/s1. The maximum Gasteiger partial charge on any atom is 0.113 e. The molecule has 1 saturated heterocycles. The van der Waals surface area contributed by atoms with Crippen molar-refractivity contribution >= 4 is 0 Å². The number of unbranched alkanes of at least 4 members (excludes halogenated alkanes) is 6. The first-order valence-corrected chi connectivity index (χ1v) is 15.6. The molecule has 0 radical (unpaired) electrons. The van der Waals surface area contributed by atoms with Crippen molar-refractivity contribution in [3.63, 3.8) is 0 Å². The van der Waals surface area contributed by atoms with E-state index in [4.69, 9.17) is 14.2 Å². The highest BCUT2D eigenvalue weighted by Crippen LogP contribution is 2.27. The van der Waals surface area contributed by atoms with Gasteiger partial charge < -0.3 is 19.3 Å². The number of rotatable bonds is 18. The van der Waals surface area contributed by atoms with E-state index in [1.165, 1.54) is 38.5 Å². The fourth-order valence-electron chi connectivity index (χ4n) is 5.67. The van der Waals surface area contributed by atoms with Gasteiger partial charge in [-0.3, -0.25) is 4.90 Å². The Bertz CT molecular complexity index is 1060. The lowest BCUT2D eigenvalue weighted by Gasteiger charge is -2.47. The van der Waals surface area contributed by atoms with Gasteiger partial charge in [-0.05, 0) is 29.7 Å². The lowest BCUT2D eigenvalue weighted by Crippen LogP contribution is -2.64. The summed E-state index contributed by atoms with van der Waals surface area (Å²) in [6.45, 7) is 5.69. The minimum absolute atomic E-state index is 0.0216. The molecule has 3 aromatic carbocycles. The van der Waals surface area contributed by atoms with E-state index in [9.17, 15) is 5.11 Å². The fraction of sp³-hybridized carbons (Fsp3) is 0.500. The van der Waals surface area contributed by atoms with Crippen LogP contribution < -0.4 is 0 Å². The van der Waals surface area contributed by atoms with E-state index in [-0.39, 0.29) is 12.1 Å². The molecule has 41 heavy (non-hydrogen) atoms. The second-order valence-corrected chi connectivity index (χ2v) is 11.3. The van der Waals surface area contributed by atoms with Gasteiger partial charge in [0, 0.05) is 6.54 Å². The highest BCUT2D eigenvalue weighted by molar-refractivity contribution is 5.15. The molecule has 0 aliphatic carbocycles. The van der Waals surface area contributed by atoms with Gasteiger partial charge in [-0.1, -0.05) is 136 Å². The molecule has 1 heterocycles. The third-order valence-electron chi connectivity index (χ3n) is 7.99. The van der Waals surface area contributed by atoms with Crippen LogP contribution in [0.4, 0.5) is 0 Å². The Balaban J connectivity index is 1.47. The number of benzene rings is 3. The molecule has 4 atom stereocenters.